The molecule has 6 heteroatoms. The Morgan fingerprint density at radius 1 is 1.62 bits per heavy atom. The second kappa shape index (κ2) is 4.61. The molecule has 1 fully saturated rings. The van der Waals surface area contributed by atoms with Gasteiger partial charge in [0.25, 0.3) is 0 Å². The van der Waals surface area contributed by atoms with E-state index >= 15 is 0 Å². The second-order valence-corrected chi connectivity index (χ2v) is 3.92. The lowest BCUT2D eigenvalue weighted by atomic mass is 10.3. The Kier molecular flexibility index (Phi) is 3.19. The van der Waals surface area contributed by atoms with Gasteiger partial charge < -0.3 is 14.8 Å². The van der Waals surface area contributed by atoms with Gasteiger partial charge in [-0.25, -0.2) is 0 Å². The van der Waals surface area contributed by atoms with Crippen LogP contribution in [0.1, 0.15) is 19.2 Å². The SMILES string of the molecule is CCn1cnnc1CN1CCC(NC)C1=O. The number of carbonyl (C=O) groups excluding carboxylic acids is 1. The smallest absolute Gasteiger partial charge is 0.240 e. The number of aromatic nitrogens is 3. The van der Waals surface area contributed by atoms with Crippen LogP contribution in [0.4, 0.5) is 0 Å². The van der Waals surface area contributed by atoms with Gasteiger partial charge in [0, 0.05) is 13.1 Å². The van der Waals surface area contributed by atoms with Crippen LogP contribution in [0.5, 0.6) is 0 Å². The van der Waals surface area contributed by atoms with Crippen molar-refractivity contribution in [3.05, 3.63) is 12.2 Å². The predicted molar refractivity (Wildman–Crippen MR) is 58.6 cm³/mol. The third kappa shape index (κ3) is 1.92. The minimum absolute atomic E-state index is 0.0296. The fourth-order valence-corrected chi connectivity index (χ4v) is 2.00. The number of rotatable bonds is 4. The van der Waals surface area contributed by atoms with Crippen LogP contribution < -0.4 is 5.32 Å². The number of likely N-dealkylation sites (N-methyl/N-ethyl adjacent to an activating group) is 1. The Morgan fingerprint density at radius 3 is 3.06 bits per heavy atom. The van der Waals surface area contributed by atoms with E-state index < -0.39 is 0 Å². The molecule has 0 aromatic carbocycles. The molecule has 16 heavy (non-hydrogen) atoms. The Bertz CT molecular complexity index is 375. The van der Waals surface area contributed by atoms with Crippen LogP contribution in [0.15, 0.2) is 6.33 Å². The third-order valence-electron chi connectivity index (χ3n) is 3.01. The summed E-state index contributed by atoms with van der Waals surface area (Å²) in [7, 11) is 1.82. The fourth-order valence-electron chi connectivity index (χ4n) is 2.00. The molecule has 6 nitrogen and oxygen atoms in total. The lowest BCUT2D eigenvalue weighted by Crippen LogP contribution is -2.36. The van der Waals surface area contributed by atoms with Crippen molar-refractivity contribution in [3.8, 4) is 0 Å². The minimum Gasteiger partial charge on any atom is -0.334 e. The first-order valence-corrected chi connectivity index (χ1v) is 5.59. The predicted octanol–water partition coefficient (Wildman–Crippen LogP) is -0.382. The van der Waals surface area contributed by atoms with Gasteiger partial charge in [0.15, 0.2) is 5.82 Å². The van der Waals surface area contributed by atoms with Gasteiger partial charge in [-0.3, -0.25) is 4.79 Å². The molecule has 1 aromatic rings. The normalized spacial score (nSPS) is 20.8. The number of carbonyl (C=O) groups is 1. The molecule has 1 unspecified atom stereocenters. The van der Waals surface area contributed by atoms with Crippen LogP contribution in [-0.4, -0.2) is 45.2 Å². The number of aryl methyl sites for hydroxylation is 1. The highest BCUT2D eigenvalue weighted by Gasteiger charge is 2.30. The third-order valence-corrected chi connectivity index (χ3v) is 3.01. The van der Waals surface area contributed by atoms with Gasteiger partial charge in [-0.15, -0.1) is 10.2 Å². The van der Waals surface area contributed by atoms with Gasteiger partial charge >= 0.3 is 0 Å². The number of amides is 1. The highest BCUT2D eigenvalue weighted by molar-refractivity contribution is 5.83. The molecule has 1 amide bonds. The maximum absolute atomic E-state index is 11.9. The molecule has 0 radical (unpaired) electrons. The van der Waals surface area contributed by atoms with Crippen LogP contribution in [0.25, 0.3) is 0 Å². The van der Waals surface area contributed by atoms with E-state index in [1.54, 1.807) is 6.33 Å². The molecule has 1 aromatic heterocycles. The summed E-state index contributed by atoms with van der Waals surface area (Å²) in [6, 6.07) is -0.0296. The zero-order valence-corrected chi connectivity index (χ0v) is 9.68. The molecule has 0 aliphatic carbocycles. The number of likely N-dealkylation sites (tertiary alicyclic amines) is 1. The van der Waals surface area contributed by atoms with Crippen molar-refractivity contribution in [2.75, 3.05) is 13.6 Å². The van der Waals surface area contributed by atoms with Crippen molar-refractivity contribution < 1.29 is 4.79 Å². The van der Waals surface area contributed by atoms with Crippen LogP contribution >= 0.6 is 0 Å². The second-order valence-electron chi connectivity index (χ2n) is 3.92. The maximum atomic E-state index is 11.9. The number of nitrogens with zero attached hydrogens (tertiary/aromatic N) is 4. The summed E-state index contributed by atoms with van der Waals surface area (Å²) in [5.41, 5.74) is 0. The lowest BCUT2D eigenvalue weighted by molar-refractivity contribution is -0.129. The average Bonchev–Trinajstić information content (AvgIpc) is 2.87. The van der Waals surface area contributed by atoms with Gasteiger partial charge in [-0.05, 0) is 20.4 Å². The quantitative estimate of drug-likeness (QED) is 0.755. The Hall–Kier alpha value is -1.43. The van der Waals surface area contributed by atoms with Gasteiger partial charge in [0.05, 0.1) is 12.6 Å². The first kappa shape index (κ1) is 11.1. The van der Waals surface area contributed by atoms with Gasteiger partial charge in [-0.1, -0.05) is 0 Å². The first-order chi connectivity index (χ1) is 7.76. The first-order valence-electron chi connectivity index (χ1n) is 5.59. The summed E-state index contributed by atoms with van der Waals surface area (Å²) < 4.78 is 1.96. The summed E-state index contributed by atoms with van der Waals surface area (Å²) in [4.78, 5) is 13.7. The molecule has 0 spiro atoms. The Morgan fingerprint density at radius 2 is 2.44 bits per heavy atom. The molecule has 2 rings (SSSR count). The monoisotopic (exact) mass is 223 g/mol. The van der Waals surface area contributed by atoms with Crippen molar-refractivity contribution in [1.82, 2.24) is 25.0 Å². The number of nitrogens with one attached hydrogen (secondary N) is 1. The molecular formula is C10H17N5O. The molecule has 1 saturated heterocycles. The Labute approximate surface area is 94.6 Å². The van der Waals surface area contributed by atoms with E-state index in [0.717, 1.165) is 25.3 Å². The molecule has 1 aliphatic heterocycles. The average molecular weight is 223 g/mol. The van der Waals surface area contributed by atoms with E-state index in [0.29, 0.717) is 6.54 Å². The van der Waals surface area contributed by atoms with Gasteiger partial charge in [-0.2, -0.15) is 0 Å². The largest absolute Gasteiger partial charge is 0.334 e. The van der Waals surface area contributed by atoms with E-state index in [2.05, 4.69) is 15.5 Å². The minimum atomic E-state index is -0.0296. The van der Waals surface area contributed by atoms with E-state index in [1.807, 2.05) is 23.4 Å². The zero-order valence-electron chi connectivity index (χ0n) is 9.68. The summed E-state index contributed by atoms with van der Waals surface area (Å²) in [6.45, 7) is 4.22. The van der Waals surface area contributed by atoms with Gasteiger partial charge in [0.1, 0.15) is 6.33 Å². The summed E-state index contributed by atoms with van der Waals surface area (Å²) in [5, 5.41) is 10.9. The van der Waals surface area contributed by atoms with E-state index in [9.17, 15) is 4.79 Å². The highest BCUT2D eigenvalue weighted by Crippen LogP contribution is 2.13. The topological polar surface area (TPSA) is 63.1 Å². The van der Waals surface area contributed by atoms with Crippen LogP contribution in [0.2, 0.25) is 0 Å². The molecule has 1 atom stereocenters. The molecule has 88 valence electrons. The highest BCUT2D eigenvalue weighted by atomic mass is 16.2. The van der Waals surface area contributed by atoms with Crippen molar-refractivity contribution in [3.63, 3.8) is 0 Å². The lowest BCUT2D eigenvalue weighted by Gasteiger charge is -2.16. The molecule has 0 bridgehead atoms. The van der Waals surface area contributed by atoms with E-state index in [-0.39, 0.29) is 11.9 Å². The van der Waals surface area contributed by atoms with Crippen molar-refractivity contribution in [2.45, 2.75) is 32.5 Å². The molecule has 2 heterocycles. The fraction of sp³-hybridized carbons (Fsp3) is 0.700. The van der Waals surface area contributed by atoms with Crippen molar-refractivity contribution in [2.24, 2.45) is 0 Å². The maximum Gasteiger partial charge on any atom is 0.240 e. The van der Waals surface area contributed by atoms with Crippen molar-refractivity contribution in [1.29, 1.82) is 0 Å². The number of hydrogen-bond donors (Lipinski definition) is 1. The van der Waals surface area contributed by atoms with Crippen LogP contribution in [0, 0.1) is 0 Å². The van der Waals surface area contributed by atoms with Crippen LogP contribution in [-0.2, 0) is 17.9 Å². The van der Waals surface area contributed by atoms with E-state index in [4.69, 9.17) is 0 Å². The summed E-state index contributed by atoms with van der Waals surface area (Å²) in [5.74, 6) is 1.01. The standard InChI is InChI=1S/C10H17N5O/c1-3-14-7-12-13-9(14)6-15-5-4-8(11-2)10(15)16/h7-8,11H,3-6H2,1-2H3. The summed E-state index contributed by atoms with van der Waals surface area (Å²) in [6.07, 6.45) is 2.57. The molecular weight excluding hydrogens is 206 g/mol. The van der Waals surface area contributed by atoms with Crippen LogP contribution in [0.3, 0.4) is 0 Å². The van der Waals surface area contributed by atoms with Gasteiger partial charge in [0.2, 0.25) is 5.91 Å². The molecule has 1 N–H and O–H groups in total. The number of hydrogen-bond acceptors (Lipinski definition) is 4. The zero-order chi connectivity index (χ0) is 11.5. The molecule has 0 saturated carbocycles. The van der Waals surface area contributed by atoms with E-state index in [1.165, 1.54) is 0 Å². The van der Waals surface area contributed by atoms with Crippen molar-refractivity contribution >= 4 is 5.91 Å². The molecule has 1 aliphatic rings. The summed E-state index contributed by atoms with van der Waals surface area (Å²) >= 11 is 0. The Balaban J connectivity index is 2.03.